The number of hydrogen-bond acceptors (Lipinski definition) is 5. The van der Waals surface area contributed by atoms with Crippen LogP contribution in [0.3, 0.4) is 0 Å². The molecule has 5 heteroatoms. The zero-order valence-electron chi connectivity index (χ0n) is 13.8. The van der Waals surface area contributed by atoms with E-state index in [-0.39, 0.29) is 0 Å². The first-order valence-corrected chi connectivity index (χ1v) is 7.74. The quantitative estimate of drug-likeness (QED) is 0.462. The molecule has 0 spiro atoms. The van der Waals surface area contributed by atoms with E-state index in [9.17, 15) is 0 Å². The molecule has 20 heavy (non-hydrogen) atoms. The smallest absolute Gasteiger partial charge is 0.0701 e. The summed E-state index contributed by atoms with van der Waals surface area (Å²) in [5, 5.41) is 3.40. The van der Waals surface area contributed by atoms with Crippen molar-refractivity contribution in [1.29, 1.82) is 0 Å². The maximum atomic E-state index is 5.45. The fourth-order valence-corrected chi connectivity index (χ4v) is 1.60. The van der Waals surface area contributed by atoms with E-state index < -0.39 is 0 Å². The van der Waals surface area contributed by atoms with Crippen molar-refractivity contribution in [3.63, 3.8) is 0 Å². The molecular formula is C15H34N2O3. The summed E-state index contributed by atoms with van der Waals surface area (Å²) in [5.74, 6) is 0. The number of rotatable bonds is 15. The van der Waals surface area contributed by atoms with Crippen molar-refractivity contribution < 1.29 is 14.2 Å². The molecule has 0 amide bonds. The van der Waals surface area contributed by atoms with Gasteiger partial charge >= 0.3 is 0 Å². The van der Waals surface area contributed by atoms with Crippen molar-refractivity contribution in [2.45, 2.75) is 32.7 Å². The second-order valence-electron chi connectivity index (χ2n) is 5.25. The Bertz CT molecular complexity index is 192. The fraction of sp³-hybridized carbons (Fsp3) is 1.00. The average molecular weight is 290 g/mol. The lowest BCUT2D eigenvalue weighted by molar-refractivity contribution is 0.0256. The molecule has 0 fully saturated rings. The Balaban J connectivity index is 3.03. The van der Waals surface area contributed by atoms with Crippen LogP contribution in [0.25, 0.3) is 0 Å². The largest absolute Gasteiger partial charge is 0.382 e. The zero-order valence-corrected chi connectivity index (χ0v) is 13.8. The molecule has 0 aromatic rings. The van der Waals surface area contributed by atoms with E-state index in [1.165, 1.54) is 19.4 Å². The molecule has 0 unspecified atom stereocenters. The molecule has 0 aliphatic heterocycles. The number of nitrogens with zero attached hydrogens (tertiary/aromatic N) is 1. The van der Waals surface area contributed by atoms with E-state index in [1.54, 1.807) is 7.11 Å². The Kier molecular flexibility index (Phi) is 15.0. The van der Waals surface area contributed by atoms with Crippen molar-refractivity contribution in [3.05, 3.63) is 0 Å². The lowest BCUT2D eigenvalue weighted by atomic mass is 10.2. The molecular weight excluding hydrogens is 256 g/mol. The third kappa shape index (κ3) is 14.2. The minimum Gasteiger partial charge on any atom is -0.382 e. The summed E-state index contributed by atoms with van der Waals surface area (Å²) in [4.78, 5) is 2.38. The minimum absolute atomic E-state index is 0.641. The summed E-state index contributed by atoms with van der Waals surface area (Å²) in [7, 11) is 3.85. The highest BCUT2D eigenvalue weighted by atomic mass is 16.5. The summed E-state index contributed by atoms with van der Waals surface area (Å²) < 4.78 is 15.6. The van der Waals surface area contributed by atoms with Gasteiger partial charge in [0.2, 0.25) is 0 Å². The third-order valence-corrected chi connectivity index (χ3v) is 3.22. The Labute approximate surface area is 124 Å². The van der Waals surface area contributed by atoms with E-state index in [1.807, 2.05) is 0 Å². The Morgan fingerprint density at radius 3 is 2.20 bits per heavy atom. The van der Waals surface area contributed by atoms with E-state index in [0.29, 0.717) is 32.5 Å². The van der Waals surface area contributed by atoms with Gasteiger partial charge in [-0.3, -0.25) is 0 Å². The van der Waals surface area contributed by atoms with Gasteiger partial charge in [-0.05, 0) is 46.8 Å². The summed E-state index contributed by atoms with van der Waals surface area (Å²) in [6.07, 6.45) is 2.47. The second kappa shape index (κ2) is 15.2. The van der Waals surface area contributed by atoms with Crippen molar-refractivity contribution >= 4 is 0 Å². The van der Waals surface area contributed by atoms with Crippen molar-refractivity contribution in [2.75, 3.05) is 66.8 Å². The molecule has 1 N–H and O–H groups in total. The molecule has 0 aromatic carbocycles. The fourth-order valence-electron chi connectivity index (χ4n) is 1.60. The van der Waals surface area contributed by atoms with Gasteiger partial charge < -0.3 is 24.4 Å². The van der Waals surface area contributed by atoms with Gasteiger partial charge in [0, 0.05) is 19.7 Å². The highest BCUT2D eigenvalue weighted by Gasteiger charge is 2.01. The highest BCUT2D eigenvalue weighted by Crippen LogP contribution is 1.97. The lowest BCUT2D eigenvalue weighted by Crippen LogP contribution is -2.28. The summed E-state index contributed by atoms with van der Waals surface area (Å²) >= 11 is 0. The summed E-state index contributed by atoms with van der Waals surface area (Å²) in [5.41, 5.74) is 0. The van der Waals surface area contributed by atoms with Gasteiger partial charge in [-0.25, -0.2) is 0 Å². The monoisotopic (exact) mass is 290 g/mol. The number of ether oxygens (including phenoxy) is 3. The van der Waals surface area contributed by atoms with Crippen LogP contribution in [0.4, 0.5) is 0 Å². The highest BCUT2D eigenvalue weighted by molar-refractivity contribution is 4.57. The van der Waals surface area contributed by atoms with Gasteiger partial charge in [-0.2, -0.15) is 0 Å². The van der Waals surface area contributed by atoms with Gasteiger partial charge in [-0.15, -0.1) is 0 Å². The van der Waals surface area contributed by atoms with E-state index in [4.69, 9.17) is 14.2 Å². The number of hydrogen-bond donors (Lipinski definition) is 1. The number of unbranched alkanes of at least 4 members (excludes halogenated alkanes) is 1. The standard InChI is InChI=1S/C15H34N2O3/c1-15(2)17(3)9-6-5-7-16-8-10-19-13-14-20-12-11-18-4/h15-16H,5-14H2,1-4H3. The normalized spacial score (nSPS) is 11.7. The van der Waals surface area contributed by atoms with Gasteiger partial charge in [0.1, 0.15) is 0 Å². The number of methoxy groups -OCH3 is 1. The Morgan fingerprint density at radius 1 is 0.900 bits per heavy atom. The van der Waals surface area contributed by atoms with E-state index >= 15 is 0 Å². The van der Waals surface area contributed by atoms with Crippen LogP contribution in [0.5, 0.6) is 0 Å². The molecule has 0 aromatic heterocycles. The van der Waals surface area contributed by atoms with Gasteiger partial charge in [0.05, 0.1) is 33.0 Å². The first kappa shape index (κ1) is 19.8. The Morgan fingerprint density at radius 2 is 1.55 bits per heavy atom. The van der Waals surface area contributed by atoms with Crippen LogP contribution in [0.1, 0.15) is 26.7 Å². The molecule has 0 aliphatic carbocycles. The molecule has 0 heterocycles. The van der Waals surface area contributed by atoms with E-state index in [0.717, 1.165) is 19.7 Å². The van der Waals surface area contributed by atoms with Crippen molar-refractivity contribution in [2.24, 2.45) is 0 Å². The van der Waals surface area contributed by atoms with Crippen LogP contribution in [0, 0.1) is 0 Å². The van der Waals surface area contributed by atoms with E-state index in [2.05, 4.69) is 31.1 Å². The molecule has 0 saturated carbocycles. The topological polar surface area (TPSA) is 43.0 Å². The Hall–Kier alpha value is -0.200. The SMILES string of the molecule is COCCOCCOCCNCCCCN(C)C(C)C. The first-order valence-electron chi connectivity index (χ1n) is 7.74. The van der Waals surface area contributed by atoms with Gasteiger partial charge in [-0.1, -0.05) is 0 Å². The van der Waals surface area contributed by atoms with Crippen LogP contribution in [0.15, 0.2) is 0 Å². The van der Waals surface area contributed by atoms with Crippen LogP contribution in [-0.4, -0.2) is 77.8 Å². The predicted molar refractivity (Wildman–Crippen MR) is 83.4 cm³/mol. The van der Waals surface area contributed by atoms with Crippen molar-refractivity contribution in [1.82, 2.24) is 10.2 Å². The molecule has 0 aliphatic rings. The minimum atomic E-state index is 0.641. The van der Waals surface area contributed by atoms with Crippen LogP contribution in [-0.2, 0) is 14.2 Å². The molecule has 0 rings (SSSR count). The van der Waals surface area contributed by atoms with Gasteiger partial charge in [0.15, 0.2) is 0 Å². The third-order valence-electron chi connectivity index (χ3n) is 3.22. The molecule has 0 bridgehead atoms. The summed E-state index contributed by atoms with van der Waals surface area (Å²) in [6, 6.07) is 0.641. The molecule has 0 saturated heterocycles. The van der Waals surface area contributed by atoms with Crippen LogP contribution < -0.4 is 5.32 Å². The molecule has 122 valence electrons. The van der Waals surface area contributed by atoms with Crippen LogP contribution in [0.2, 0.25) is 0 Å². The lowest BCUT2D eigenvalue weighted by Gasteiger charge is -2.20. The van der Waals surface area contributed by atoms with Crippen LogP contribution >= 0.6 is 0 Å². The van der Waals surface area contributed by atoms with Gasteiger partial charge in [0.25, 0.3) is 0 Å². The number of nitrogens with one attached hydrogen (secondary N) is 1. The zero-order chi connectivity index (χ0) is 15.1. The molecule has 5 nitrogen and oxygen atoms in total. The summed E-state index contributed by atoms with van der Waals surface area (Å²) in [6.45, 7) is 11.0. The predicted octanol–water partition coefficient (Wildman–Crippen LogP) is 1.38. The maximum absolute atomic E-state index is 5.45. The maximum Gasteiger partial charge on any atom is 0.0701 e. The molecule has 0 atom stereocenters. The average Bonchev–Trinajstić information content (AvgIpc) is 2.43. The van der Waals surface area contributed by atoms with Crippen molar-refractivity contribution in [3.8, 4) is 0 Å². The molecule has 0 radical (unpaired) electrons. The first-order chi connectivity index (χ1) is 9.68. The second-order valence-corrected chi connectivity index (χ2v) is 5.25.